The van der Waals surface area contributed by atoms with Crippen molar-refractivity contribution in [2.45, 2.75) is 22.3 Å². The Kier molecular flexibility index (Phi) is 4.48. The Balaban J connectivity index is 1.82. The van der Waals surface area contributed by atoms with Crippen LogP contribution in [0.25, 0.3) is 0 Å². The molecule has 2 aromatic rings. The van der Waals surface area contributed by atoms with Crippen molar-refractivity contribution in [1.82, 2.24) is 0 Å². The molecule has 0 bridgehead atoms. The fraction of sp³-hybridized carbons (Fsp3) is 0.368. The highest BCUT2D eigenvalue weighted by Gasteiger charge is 2.35. The first-order chi connectivity index (χ1) is 11.6. The number of quaternary nitrogens is 2. The van der Waals surface area contributed by atoms with Crippen LogP contribution < -0.4 is 9.80 Å². The summed E-state index contributed by atoms with van der Waals surface area (Å²) in [6.07, 6.45) is 0.934. The highest BCUT2D eigenvalue weighted by atomic mass is 35.5. The molecule has 0 aliphatic carbocycles. The number of rotatable bonds is 1. The maximum Gasteiger partial charge on any atom is 0.127 e. The van der Waals surface area contributed by atoms with Crippen LogP contribution in [-0.4, -0.2) is 37.4 Å². The molecule has 0 radical (unpaired) electrons. The zero-order valence-electron chi connectivity index (χ0n) is 13.8. The van der Waals surface area contributed by atoms with Gasteiger partial charge in [-0.3, -0.25) is 0 Å². The first-order valence-electron chi connectivity index (χ1n) is 8.58. The van der Waals surface area contributed by atoms with E-state index in [-0.39, 0.29) is 0 Å². The minimum atomic E-state index is -1.13. The van der Waals surface area contributed by atoms with E-state index in [0.717, 1.165) is 34.3 Å². The topological polar surface area (TPSA) is 26.0 Å². The fourth-order valence-corrected chi connectivity index (χ4v) is 5.59. The zero-order valence-corrected chi connectivity index (χ0v) is 15.4. The van der Waals surface area contributed by atoms with Gasteiger partial charge < -0.3 is 9.80 Å². The van der Waals surface area contributed by atoms with Gasteiger partial charge in [0, 0.05) is 21.9 Å². The van der Waals surface area contributed by atoms with Gasteiger partial charge in [-0.25, -0.2) is 4.21 Å². The molecule has 2 aliphatic heterocycles. The second-order valence-electron chi connectivity index (χ2n) is 6.93. The minimum Gasteiger partial charge on any atom is -0.328 e. The van der Waals surface area contributed by atoms with Crippen molar-refractivity contribution < 1.29 is 14.0 Å². The zero-order chi connectivity index (χ0) is 16.7. The van der Waals surface area contributed by atoms with Crippen molar-refractivity contribution in [3.8, 4) is 0 Å². The van der Waals surface area contributed by atoms with Gasteiger partial charge in [0.05, 0.1) is 22.7 Å². The Morgan fingerprint density at radius 2 is 1.79 bits per heavy atom. The Labute approximate surface area is 150 Å². The van der Waals surface area contributed by atoms with Gasteiger partial charge in [0.25, 0.3) is 0 Å². The molecule has 2 aromatic carbocycles. The van der Waals surface area contributed by atoms with E-state index >= 15 is 0 Å². The summed E-state index contributed by atoms with van der Waals surface area (Å²) < 4.78 is 13.2. The van der Waals surface area contributed by atoms with E-state index in [2.05, 4.69) is 19.2 Å². The van der Waals surface area contributed by atoms with Crippen LogP contribution in [0.4, 0.5) is 0 Å². The molecule has 0 aromatic heterocycles. The number of nitrogens with one attached hydrogen (secondary N) is 2. The summed E-state index contributed by atoms with van der Waals surface area (Å²) in [5.74, 6) is 0. The van der Waals surface area contributed by atoms with Gasteiger partial charge in [-0.2, -0.15) is 0 Å². The number of hydrogen-bond donors (Lipinski definition) is 2. The van der Waals surface area contributed by atoms with Crippen LogP contribution in [0, 0.1) is 0 Å². The lowest BCUT2D eigenvalue weighted by molar-refractivity contribution is -1.02. The summed E-state index contributed by atoms with van der Waals surface area (Å²) in [6, 6.07) is 14.4. The Morgan fingerprint density at radius 3 is 2.58 bits per heavy atom. The molecule has 2 N–H and O–H groups in total. The fourth-order valence-electron chi connectivity index (χ4n) is 3.97. The number of likely N-dealkylation sites (N-methyl/N-ethyl adjacent to an activating group) is 1. The van der Waals surface area contributed by atoms with Gasteiger partial charge in [-0.05, 0) is 29.8 Å². The minimum absolute atomic E-state index is 0.333. The average molecular weight is 363 g/mol. The normalized spacial score (nSPS) is 29.4. The molecule has 4 rings (SSSR count). The highest BCUT2D eigenvalue weighted by molar-refractivity contribution is 7.85. The van der Waals surface area contributed by atoms with E-state index in [9.17, 15) is 4.21 Å². The smallest absolute Gasteiger partial charge is 0.127 e. The number of benzene rings is 2. The van der Waals surface area contributed by atoms with E-state index < -0.39 is 10.8 Å². The summed E-state index contributed by atoms with van der Waals surface area (Å²) in [4.78, 5) is 5.09. The van der Waals surface area contributed by atoms with Gasteiger partial charge in [0.2, 0.25) is 0 Å². The third kappa shape index (κ3) is 2.93. The second-order valence-corrected chi connectivity index (χ2v) is 8.78. The number of halogens is 1. The molecule has 1 fully saturated rings. The molecule has 2 atom stereocenters. The summed E-state index contributed by atoms with van der Waals surface area (Å²) in [6.45, 7) is 4.67. The Bertz CT molecular complexity index is 787. The molecule has 2 heterocycles. The lowest BCUT2D eigenvalue weighted by atomic mass is 9.96. The van der Waals surface area contributed by atoms with Crippen molar-refractivity contribution in [3.05, 3.63) is 58.6 Å². The molecule has 0 unspecified atom stereocenters. The van der Waals surface area contributed by atoms with Crippen molar-refractivity contribution >= 4 is 22.4 Å². The van der Waals surface area contributed by atoms with E-state index in [1.54, 1.807) is 9.80 Å². The van der Waals surface area contributed by atoms with E-state index in [0.29, 0.717) is 6.04 Å². The van der Waals surface area contributed by atoms with E-state index in [1.165, 1.54) is 24.2 Å². The molecule has 24 heavy (non-hydrogen) atoms. The van der Waals surface area contributed by atoms with Crippen LogP contribution in [0.15, 0.2) is 52.3 Å². The number of fused-ring (bicyclic) bond motifs is 2. The lowest BCUT2D eigenvalue weighted by Gasteiger charge is -2.33. The monoisotopic (exact) mass is 362 g/mol. The lowest BCUT2D eigenvalue weighted by Crippen LogP contribution is -3.27. The summed E-state index contributed by atoms with van der Waals surface area (Å²) in [5, 5.41) is 0.737. The Morgan fingerprint density at radius 1 is 1.04 bits per heavy atom. The third-order valence-electron chi connectivity index (χ3n) is 5.38. The quantitative estimate of drug-likeness (QED) is 0.760. The Hall–Kier alpha value is -1.20. The first-order valence-corrected chi connectivity index (χ1v) is 10.1. The third-order valence-corrected chi connectivity index (χ3v) is 7.19. The standard InChI is InChI=1S/C19H21ClN2OS/c1-21-8-10-22(11-9-21)17-12-14-4-2-3-5-18(14)24(23)19-7-6-15(20)13-16(17)19/h2-7,13,17H,8-12H2,1H3/p+2/t17-,24-/m1/s1. The van der Waals surface area contributed by atoms with Gasteiger partial charge in [0.1, 0.15) is 32.2 Å². The van der Waals surface area contributed by atoms with Crippen LogP contribution in [-0.2, 0) is 17.2 Å². The maximum absolute atomic E-state index is 13.2. The van der Waals surface area contributed by atoms with Gasteiger partial charge in [0.15, 0.2) is 0 Å². The van der Waals surface area contributed by atoms with Crippen molar-refractivity contribution in [2.24, 2.45) is 0 Å². The number of piperazine rings is 1. The van der Waals surface area contributed by atoms with Crippen molar-refractivity contribution in [2.75, 3.05) is 33.2 Å². The average Bonchev–Trinajstić information content (AvgIpc) is 2.71. The van der Waals surface area contributed by atoms with Crippen LogP contribution in [0.5, 0.6) is 0 Å². The molecule has 0 spiro atoms. The van der Waals surface area contributed by atoms with Crippen LogP contribution in [0.2, 0.25) is 5.02 Å². The van der Waals surface area contributed by atoms with Gasteiger partial charge in [-0.1, -0.05) is 29.8 Å². The largest absolute Gasteiger partial charge is 0.328 e. The van der Waals surface area contributed by atoms with Crippen LogP contribution in [0.3, 0.4) is 0 Å². The van der Waals surface area contributed by atoms with Gasteiger partial charge in [-0.15, -0.1) is 0 Å². The molecule has 3 nitrogen and oxygen atoms in total. The molecule has 0 amide bonds. The van der Waals surface area contributed by atoms with E-state index in [4.69, 9.17) is 11.6 Å². The molecule has 126 valence electrons. The first kappa shape index (κ1) is 16.3. The molecule has 2 aliphatic rings. The predicted octanol–water partition coefficient (Wildman–Crippen LogP) is 0.517. The molecule has 1 saturated heterocycles. The maximum atomic E-state index is 13.2. The summed E-state index contributed by atoms with van der Waals surface area (Å²) in [5.41, 5.74) is 2.39. The molecule has 5 heteroatoms. The highest BCUT2D eigenvalue weighted by Crippen LogP contribution is 2.34. The molecular weight excluding hydrogens is 340 g/mol. The number of hydrogen-bond acceptors (Lipinski definition) is 1. The summed E-state index contributed by atoms with van der Waals surface area (Å²) in [7, 11) is 1.14. The van der Waals surface area contributed by atoms with Crippen molar-refractivity contribution in [1.29, 1.82) is 0 Å². The van der Waals surface area contributed by atoms with Gasteiger partial charge >= 0.3 is 0 Å². The van der Waals surface area contributed by atoms with Crippen LogP contribution >= 0.6 is 11.6 Å². The second kappa shape index (κ2) is 6.60. The molecule has 0 saturated carbocycles. The van der Waals surface area contributed by atoms with E-state index in [1.807, 2.05) is 30.3 Å². The summed E-state index contributed by atoms with van der Waals surface area (Å²) >= 11 is 6.30. The molecular formula is C19H23ClN2OS+2. The van der Waals surface area contributed by atoms with Crippen LogP contribution in [0.1, 0.15) is 17.2 Å². The SMILES string of the molecule is C[NH+]1CC[NH+]([C@@H]2Cc3ccccc3[S@@](=O)c3ccc(Cl)cc32)CC1. The predicted molar refractivity (Wildman–Crippen MR) is 96.3 cm³/mol. The van der Waals surface area contributed by atoms with Crippen molar-refractivity contribution in [3.63, 3.8) is 0 Å².